The van der Waals surface area contributed by atoms with Crippen molar-refractivity contribution < 1.29 is 18.3 Å². The summed E-state index contributed by atoms with van der Waals surface area (Å²) in [6.07, 6.45) is -0.0570. The van der Waals surface area contributed by atoms with Gasteiger partial charge >= 0.3 is 0 Å². The fraction of sp³-hybridized carbons (Fsp3) is 0.312. The molecule has 2 aromatic rings. The molecule has 0 bridgehead atoms. The zero-order valence-electron chi connectivity index (χ0n) is 11.8. The van der Waals surface area contributed by atoms with Gasteiger partial charge < -0.3 is 9.64 Å². The average Bonchev–Trinajstić information content (AvgIpc) is 3.03. The molecule has 1 unspecified atom stereocenters. The summed E-state index contributed by atoms with van der Waals surface area (Å²) >= 11 is 1.55. The van der Waals surface area contributed by atoms with E-state index in [9.17, 15) is 13.6 Å². The molecule has 0 radical (unpaired) electrons. The Labute approximate surface area is 131 Å². The number of rotatable bonds is 3. The smallest absolute Gasteiger partial charge is 0.228 e. The van der Waals surface area contributed by atoms with Crippen LogP contribution in [0.3, 0.4) is 0 Å². The van der Waals surface area contributed by atoms with Crippen molar-refractivity contribution in [3.05, 3.63) is 57.8 Å². The summed E-state index contributed by atoms with van der Waals surface area (Å²) in [5, 5.41) is 1.94. The van der Waals surface area contributed by atoms with E-state index in [1.807, 2.05) is 17.5 Å². The number of ether oxygens (including phenoxy) is 1. The Bertz CT molecular complexity index is 660. The molecule has 0 N–H and O–H groups in total. The van der Waals surface area contributed by atoms with E-state index in [1.54, 1.807) is 16.2 Å². The van der Waals surface area contributed by atoms with Gasteiger partial charge in [-0.3, -0.25) is 4.79 Å². The predicted octanol–water partition coefficient (Wildman–Crippen LogP) is 3.17. The Balaban J connectivity index is 1.68. The molecule has 1 aromatic heterocycles. The number of nitrogens with zero attached hydrogens (tertiary/aromatic N) is 1. The molecule has 0 saturated carbocycles. The normalized spacial score (nSPS) is 18.5. The summed E-state index contributed by atoms with van der Waals surface area (Å²) in [5.41, 5.74) is 0.549. The highest BCUT2D eigenvalue weighted by atomic mass is 32.1. The summed E-state index contributed by atoms with van der Waals surface area (Å²) in [6.45, 7) is 1.26. The summed E-state index contributed by atoms with van der Waals surface area (Å²) in [5.74, 6) is -1.76. The standard InChI is InChI=1S/C16H15F2NO2S/c17-13-4-3-11(8-14(13)18)15-10-19(5-6-21-15)16(20)9-12-2-1-7-22-12/h1-4,7-8,15H,5-6,9-10H2. The lowest BCUT2D eigenvalue weighted by atomic mass is 10.1. The van der Waals surface area contributed by atoms with E-state index < -0.39 is 17.7 Å². The van der Waals surface area contributed by atoms with Gasteiger partial charge in [-0.2, -0.15) is 0 Å². The molecule has 1 aromatic carbocycles. The van der Waals surface area contributed by atoms with Crippen LogP contribution in [0.4, 0.5) is 8.78 Å². The van der Waals surface area contributed by atoms with Crippen LogP contribution < -0.4 is 0 Å². The molecule has 1 aliphatic heterocycles. The molecule has 22 heavy (non-hydrogen) atoms. The molecule has 1 amide bonds. The maximum atomic E-state index is 13.3. The Hall–Kier alpha value is -1.79. The summed E-state index contributed by atoms with van der Waals surface area (Å²) in [6, 6.07) is 7.55. The number of benzene rings is 1. The summed E-state index contributed by atoms with van der Waals surface area (Å²) in [4.78, 5) is 15.0. The third kappa shape index (κ3) is 3.34. The van der Waals surface area contributed by atoms with E-state index in [1.165, 1.54) is 6.07 Å². The molecule has 3 nitrogen and oxygen atoms in total. The van der Waals surface area contributed by atoms with Gasteiger partial charge in [-0.15, -0.1) is 11.3 Å². The first-order chi connectivity index (χ1) is 10.6. The Morgan fingerprint density at radius 1 is 1.32 bits per heavy atom. The third-order valence-electron chi connectivity index (χ3n) is 3.64. The summed E-state index contributed by atoms with van der Waals surface area (Å²) in [7, 11) is 0. The minimum atomic E-state index is -0.900. The Morgan fingerprint density at radius 2 is 2.18 bits per heavy atom. The van der Waals surface area contributed by atoms with Crippen molar-refractivity contribution in [3.8, 4) is 0 Å². The molecule has 1 aliphatic rings. The van der Waals surface area contributed by atoms with Crippen molar-refractivity contribution in [1.82, 2.24) is 4.90 Å². The van der Waals surface area contributed by atoms with E-state index in [2.05, 4.69) is 0 Å². The van der Waals surface area contributed by atoms with Crippen LogP contribution in [0.15, 0.2) is 35.7 Å². The molecular weight excluding hydrogens is 308 g/mol. The van der Waals surface area contributed by atoms with Crippen LogP contribution in [-0.2, 0) is 16.0 Å². The number of carbonyl (C=O) groups is 1. The van der Waals surface area contributed by atoms with Crippen LogP contribution in [0.5, 0.6) is 0 Å². The second-order valence-electron chi connectivity index (χ2n) is 5.13. The van der Waals surface area contributed by atoms with E-state index in [-0.39, 0.29) is 5.91 Å². The average molecular weight is 323 g/mol. The lowest BCUT2D eigenvalue weighted by Crippen LogP contribution is -2.42. The first-order valence-electron chi connectivity index (χ1n) is 7.00. The number of morpholine rings is 1. The van der Waals surface area contributed by atoms with Gasteiger partial charge in [-0.05, 0) is 29.1 Å². The number of carbonyl (C=O) groups excluding carboxylic acids is 1. The van der Waals surface area contributed by atoms with Crippen LogP contribution in [0.1, 0.15) is 16.5 Å². The zero-order chi connectivity index (χ0) is 15.5. The highest BCUT2D eigenvalue weighted by molar-refractivity contribution is 7.10. The van der Waals surface area contributed by atoms with Gasteiger partial charge in [0.25, 0.3) is 0 Å². The van der Waals surface area contributed by atoms with Crippen molar-refractivity contribution in [2.45, 2.75) is 12.5 Å². The van der Waals surface area contributed by atoms with Gasteiger partial charge in [0, 0.05) is 11.4 Å². The third-order valence-corrected chi connectivity index (χ3v) is 4.52. The van der Waals surface area contributed by atoms with Gasteiger partial charge in [0.15, 0.2) is 11.6 Å². The van der Waals surface area contributed by atoms with Crippen LogP contribution in [-0.4, -0.2) is 30.5 Å². The SMILES string of the molecule is O=C(Cc1cccs1)N1CCOC(c2ccc(F)c(F)c2)C1. The van der Waals surface area contributed by atoms with E-state index in [4.69, 9.17) is 4.74 Å². The molecule has 6 heteroatoms. The van der Waals surface area contributed by atoms with E-state index in [0.717, 1.165) is 17.0 Å². The van der Waals surface area contributed by atoms with Crippen molar-refractivity contribution in [2.75, 3.05) is 19.7 Å². The summed E-state index contributed by atoms with van der Waals surface area (Å²) < 4.78 is 31.9. The minimum absolute atomic E-state index is 0.0262. The molecule has 1 atom stereocenters. The van der Waals surface area contributed by atoms with Crippen LogP contribution >= 0.6 is 11.3 Å². The van der Waals surface area contributed by atoms with E-state index >= 15 is 0 Å². The molecule has 3 rings (SSSR count). The van der Waals surface area contributed by atoms with Crippen LogP contribution in [0.2, 0.25) is 0 Å². The maximum absolute atomic E-state index is 13.3. The second-order valence-corrected chi connectivity index (χ2v) is 6.16. The van der Waals surface area contributed by atoms with Gasteiger partial charge in [0.2, 0.25) is 5.91 Å². The largest absolute Gasteiger partial charge is 0.370 e. The molecular formula is C16H15F2NO2S. The molecule has 1 saturated heterocycles. The molecule has 1 fully saturated rings. The van der Waals surface area contributed by atoms with Crippen molar-refractivity contribution in [2.24, 2.45) is 0 Å². The lowest BCUT2D eigenvalue weighted by Gasteiger charge is -2.33. The number of hydrogen-bond acceptors (Lipinski definition) is 3. The predicted molar refractivity (Wildman–Crippen MR) is 79.7 cm³/mol. The lowest BCUT2D eigenvalue weighted by molar-refractivity contribution is -0.138. The Morgan fingerprint density at radius 3 is 2.91 bits per heavy atom. The highest BCUT2D eigenvalue weighted by Gasteiger charge is 2.26. The topological polar surface area (TPSA) is 29.5 Å². The maximum Gasteiger partial charge on any atom is 0.228 e. The van der Waals surface area contributed by atoms with Gasteiger partial charge in [-0.1, -0.05) is 12.1 Å². The van der Waals surface area contributed by atoms with Crippen LogP contribution in [0.25, 0.3) is 0 Å². The second kappa shape index (κ2) is 6.54. The van der Waals surface area contributed by atoms with Crippen molar-refractivity contribution in [1.29, 1.82) is 0 Å². The van der Waals surface area contributed by atoms with Crippen LogP contribution in [0, 0.1) is 11.6 Å². The number of halogens is 2. The number of thiophene rings is 1. The van der Waals surface area contributed by atoms with Crippen molar-refractivity contribution >= 4 is 17.2 Å². The number of hydrogen-bond donors (Lipinski definition) is 0. The quantitative estimate of drug-likeness (QED) is 0.868. The fourth-order valence-corrected chi connectivity index (χ4v) is 3.16. The van der Waals surface area contributed by atoms with Crippen molar-refractivity contribution in [3.63, 3.8) is 0 Å². The fourth-order valence-electron chi connectivity index (χ4n) is 2.46. The molecule has 0 spiro atoms. The first kappa shape index (κ1) is 15.1. The Kier molecular flexibility index (Phi) is 4.49. The number of amides is 1. The molecule has 2 heterocycles. The van der Waals surface area contributed by atoms with Gasteiger partial charge in [0.05, 0.1) is 19.6 Å². The molecule has 116 valence electrons. The monoisotopic (exact) mass is 323 g/mol. The van der Waals surface area contributed by atoms with Gasteiger partial charge in [0.1, 0.15) is 6.10 Å². The van der Waals surface area contributed by atoms with Gasteiger partial charge in [-0.25, -0.2) is 8.78 Å². The van der Waals surface area contributed by atoms with E-state index in [0.29, 0.717) is 31.7 Å². The highest BCUT2D eigenvalue weighted by Crippen LogP contribution is 2.24. The zero-order valence-corrected chi connectivity index (χ0v) is 12.6. The minimum Gasteiger partial charge on any atom is -0.370 e. The first-order valence-corrected chi connectivity index (χ1v) is 7.88. The molecule has 0 aliphatic carbocycles.